The number of hydrogen-bond donors (Lipinski definition) is 1. The molecule has 1 saturated heterocycles. The summed E-state index contributed by atoms with van der Waals surface area (Å²) in [4.78, 5) is 12.6. The van der Waals surface area contributed by atoms with Crippen molar-refractivity contribution in [1.82, 2.24) is 5.32 Å². The van der Waals surface area contributed by atoms with Crippen molar-refractivity contribution in [2.24, 2.45) is 5.92 Å². The summed E-state index contributed by atoms with van der Waals surface area (Å²) in [6, 6.07) is 4.06. The van der Waals surface area contributed by atoms with Gasteiger partial charge in [-0.25, -0.2) is 0 Å². The van der Waals surface area contributed by atoms with E-state index in [1.54, 1.807) is 14.2 Å². The fourth-order valence-electron chi connectivity index (χ4n) is 3.24. The average molecular weight is 298 g/mol. The number of carbonyl (C=O) groups is 1. The molecule has 0 aromatic heterocycles. The molecule has 4 nitrogen and oxygen atoms in total. The van der Waals surface area contributed by atoms with E-state index in [9.17, 15) is 4.79 Å². The largest absolute Gasteiger partial charge is 0.493 e. The molecule has 1 fully saturated rings. The molecule has 0 saturated carbocycles. The number of piperidine rings is 1. The fourth-order valence-corrected chi connectivity index (χ4v) is 3.24. The number of carbonyl (C=O) groups excluding carboxylic acids is 1. The molecule has 0 radical (unpaired) electrons. The average Bonchev–Trinajstić information content (AvgIpc) is 2.46. The topological polar surface area (TPSA) is 47.6 Å². The summed E-state index contributed by atoms with van der Waals surface area (Å²) in [6.45, 7) is 1.01. The Morgan fingerprint density at radius 2 is 1.90 bits per heavy atom. The van der Waals surface area contributed by atoms with E-state index in [0.717, 1.165) is 36.9 Å². The standard InChI is InChI=1S/C15H19NO3.ClH/c1-18-13-7-9-6-12-10(4-3-5-16-12)15(17)11(9)8-14(13)19-2;/h7-8,10,12,16H,3-6H2,1-2H3;1H. The Labute approximate surface area is 125 Å². The minimum Gasteiger partial charge on any atom is -0.493 e. The summed E-state index contributed by atoms with van der Waals surface area (Å²) >= 11 is 0. The number of methoxy groups -OCH3 is 2. The molecule has 0 bridgehead atoms. The summed E-state index contributed by atoms with van der Waals surface area (Å²) < 4.78 is 10.6. The van der Waals surface area contributed by atoms with Gasteiger partial charge in [0.1, 0.15) is 0 Å². The molecule has 110 valence electrons. The lowest BCUT2D eigenvalue weighted by molar-refractivity contribution is 0.0840. The summed E-state index contributed by atoms with van der Waals surface area (Å²) in [6.07, 6.45) is 2.96. The zero-order valence-corrected chi connectivity index (χ0v) is 12.6. The van der Waals surface area contributed by atoms with Crippen molar-refractivity contribution in [3.63, 3.8) is 0 Å². The summed E-state index contributed by atoms with van der Waals surface area (Å²) in [7, 11) is 3.22. The van der Waals surface area contributed by atoms with Crippen LogP contribution in [-0.4, -0.2) is 32.6 Å². The smallest absolute Gasteiger partial charge is 0.167 e. The normalized spacial score (nSPS) is 24.2. The van der Waals surface area contributed by atoms with E-state index in [4.69, 9.17) is 9.47 Å². The van der Waals surface area contributed by atoms with Gasteiger partial charge in [0.15, 0.2) is 17.3 Å². The molecular weight excluding hydrogens is 278 g/mol. The molecule has 2 atom stereocenters. The van der Waals surface area contributed by atoms with Gasteiger partial charge < -0.3 is 14.8 Å². The van der Waals surface area contributed by atoms with E-state index < -0.39 is 0 Å². The van der Waals surface area contributed by atoms with E-state index in [0.29, 0.717) is 11.5 Å². The lowest BCUT2D eigenvalue weighted by Gasteiger charge is -2.36. The third-order valence-corrected chi connectivity index (χ3v) is 4.24. The Hall–Kier alpha value is -1.26. The molecule has 20 heavy (non-hydrogen) atoms. The molecule has 1 aliphatic heterocycles. The molecule has 3 rings (SSSR count). The molecule has 2 aliphatic rings. The predicted octanol–water partition coefficient (Wildman–Crippen LogP) is 2.23. The maximum atomic E-state index is 12.6. The molecule has 2 unspecified atom stereocenters. The van der Waals surface area contributed by atoms with E-state index in [1.807, 2.05) is 12.1 Å². The highest BCUT2D eigenvalue weighted by atomic mass is 35.5. The minimum atomic E-state index is 0. The van der Waals surface area contributed by atoms with Crippen LogP contribution in [0.1, 0.15) is 28.8 Å². The Kier molecular flexibility index (Phi) is 4.55. The molecule has 0 spiro atoms. The third kappa shape index (κ3) is 2.38. The van der Waals surface area contributed by atoms with Gasteiger partial charge in [0.25, 0.3) is 0 Å². The number of hydrogen-bond acceptors (Lipinski definition) is 4. The zero-order chi connectivity index (χ0) is 13.4. The van der Waals surface area contributed by atoms with E-state index in [2.05, 4.69) is 5.32 Å². The van der Waals surface area contributed by atoms with Crippen LogP contribution in [0.5, 0.6) is 11.5 Å². The van der Waals surface area contributed by atoms with Crippen molar-refractivity contribution in [3.8, 4) is 11.5 Å². The van der Waals surface area contributed by atoms with Gasteiger partial charge in [0.2, 0.25) is 0 Å². The maximum Gasteiger partial charge on any atom is 0.167 e. The van der Waals surface area contributed by atoms with E-state index in [1.165, 1.54) is 0 Å². The number of nitrogens with one attached hydrogen (secondary N) is 1. The van der Waals surface area contributed by atoms with Crippen LogP contribution in [0.3, 0.4) is 0 Å². The SMILES string of the molecule is COc1cc2c(cc1OC)C(=O)C1CCCNC1C2.Cl. The Morgan fingerprint density at radius 1 is 1.20 bits per heavy atom. The first-order chi connectivity index (χ1) is 9.24. The van der Waals surface area contributed by atoms with E-state index in [-0.39, 0.29) is 30.2 Å². The number of Topliss-reactive ketones (excluding diaryl/α,β-unsaturated/α-hetero) is 1. The summed E-state index contributed by atoms with van der Waals surface area (Å²) in [5.41, 5.74) is 1.88. The van der Waals surface area contributed by atoms with Gasteiger partial charge in [-0.05, 0) is 43.5 Å². The van der Waals surface area contributed by atoms with Crippen molar-refractivity contribution in [1.29, 1.82) is 0 Å². The zero-order valence-electron chi connectivity index (χ0n) is 11.8. The van der Waals surface area contributed by atoms with Crippen LogP contribution in [0.15, 0.2) is 12.1 Å². The first-order valence-corrected chi connectivity index (χ1v) is 6.77. The number of fused-ring (bicyclic) bond motifs is 2. The van der Waals surface area contributed by atoms with Crippen LogP contribution in [0.4, 0.5) is 0 Å². The van der Waals surface area contributed by atoms with E-state index >= 15 is 0 Å². The quantitative estimate of drug-likeness (QED) is 0.909. The molecule has 1 aliphatic carbocycles. The minimum absolute atomic E-state index is 0. The van der Waals surface area contributed by atoms with Crippen molar-refractivity contribution >= 4 is 18.2 Å². The molecule has 1 heterocycles. The van der Waals surface area contributed by atoms with Gasteiger partial charge >= 0.3 is 0 Å². The maximum absolute atomic E-state index is 12.6. The van der Waals surface area contributed by atoms with Crippen LogP contribution in [0, 0.1) is 5.92 Å². The molecule has 1 N–H and O–H groups in total. The van der Waals surface area contributed by atoms with Crippen molar-refractivity contribution in [2.75, 3.05) is 20.8 Å². The van der Waals surface area contributed by atoms with Gasteiger partial charge in [-0.1, -0.05) is 0 Å². The summed E-state index contributed by atoms with van der Waals surface area (Å²) in [5, 5.41) is 3.47. The van der Waals surface area contributed by atoms with Gasteiger partial charge in [0, 0.05) is 17.5 Å². The summed E-state index contributed by atoms with van der Waals surface area (Å²) in [5.74, 6) is 1.71. The predicted molar refractivity (Wildman–Crippen MR) is 79.3 cm³/mol. The second kappa shape index (κ2) is 6.02. The Balaban J connectivity index is 0.00000147. The van der Waals surface area contributed by atoms with Gasteiger partial charge in [0.05, 0.1) is 14.2 Å². The van der Waals surface area contributed by atoms with Crippen LogP contribution >= 0.6 is 12.4 Å². The van der Waals surface area contributed by atoms with Crippen LogP contribution in [0.2, 0.25) is 0 Å². The van der Waals surface area contributed by atoms with Gasteiger partial charge in [-0.2, -0.15) is 0 Å². The number of ether oxygens (including phenoxy) is 2. The highest BCUT2D eigenvalue weighted by Crippen LogP contribution is 2.37. The van der Waals surface area contributed by atoms with Gasteiger partial charge in [-0.15, -0.1) is 12.4 Å². The lowest BCUT2D eigenvalue weighted by Crippen LogP contribution is -2.48. The highest BCUT2D eigenvalue weighted by molar-refractivity contribution is 6.01. The van der Waals surface area contributed by atoms with Crippen molar-refractivity contribution in [2.45, 2.75) is 25.3 Å². The molecule has 1 aromatic rings. The molecule has 0 amide bonds. The van der Waals surface area contributed by atoms with Crippen LogP contribution in [0.25, 0.3) is 0 Å². The number of rotatable bonds is 2. The first-order valence-electron chi connectivity index (χ1n) is 6.77. The number of halogens is 1. The lowest BCUT2D eigenvalue weighted by atomic mass is 9.75. The second-order valence-corrected chi connectivity index (χ2v) is 5.24. The number of benzene rings is 1. The van der Waals surface area contributed by atoms with Crippen LogP contribution < -0.4 is 14.8 Å². The van der Waals surface area contributed by atoms with Crippen molar-refractivity contribution < 1.29 is 14.3 Å². The van der Waals surface area contributed by atoms with Gasteiger partial charge in [-0.3, -0.25) is 4.79 Å². The molecule has 1 aromatic carbocycles. The van der Waals surface area contributed by atoms with Crippen LogP contribution in [-0.2, 0) is 6.42 Å². The molecule has 5 heteroatoms. The highest BCUT2D eigenvalue weighted by Gasteiger charge is 2.37. The third-order valence-electron chi connectivity index (χ3n) is 4.24. The first kappa shape index (κ1) is 15.1. The fraction of sp³-hybridized carbons (Fsp3) is 0.533. The second-order valence-electron chi connectivity index (χ2n) is 5.24. The molecular formula is C15H20ClNO3. The Bertz CT molecular complexity index is 518. The number of ketones is 1. The Morgan fingerprint density at radius 3 is 2.60 bits per heavy atom. The van der Waals surface area contributed by atoms with Crippen molar-refractivity contribution in [3.05, 3.63) is 23.3 Å². The monoisotopic (exact) mass is 297 g/mol.